The van der Waals surface area contributed by atoms with Crippen molar-refractivity contribution in [1.82, 2.24) is 14.7 Å². The summed E-state index contributed by atoms with van der Waals surface area (Å²) in [6.45, 7) is 8.38. The number of para-hydroxylation sites is 1. The molecule has 0 aliphatic rings. The molecule has 7 nitrogen and oxygen atoms in total. The van der Waals surface area contributed by atoms with Gasteiger partial charge >= 0.3 is 6.03 Å². The Bertz CT molecular complexity index is 1330. The number of nitrogens with one attached hydrogen (secondary N) is 2. The van der Waals surface area contributed by atoms with Crippen LogP contribution in [0.1, 0.15) is 33.4 Å². The summed E-state index contributed by atoms with van der Waals surface area (Å²) in [5.74, 6) is 0.272. The van der Waals surface area contributed by atoms with Crippen LogP contribution in [0, 0.1) is 0 Å². The van der Waals surface area contributed by atoms with E-state index < -0.39 is 0 Å². The molecule has 3 aromatic carbocycles. The van der Waals surface area contributed by atoms with Gasteiger partial charge in [-0.1, -0.05) is 75.4 Å². The molecule has 0 radical (unpaired) electrons. The number of rotatable bonds is 6. The van der Waals surface area contributed by atoms with Crippen molar-refractivity contribution in [2.75, 3.05) is 23.7 Å². The van der Waals surface area contributed by atoms with Crippen molar-refractivity contribution in [3.8, 4) is 5.69 Å². The van der Waals surface area contributed by atoms with E-state index in [0.717, 1.165) is 22.2 Å². The Balaban J connectivity index is 1.51. The molecule has 0 atom stereocenters. The number of urea groups is 1. The largest absolute Gasteiger partial charge is 0.322 e. The highest BCUT2D eigenvalue weighted by molar-refractivity contribution is 6.03. The topological polar surface area (TPSA) is 79.3 Å². The first-order valence-corrected chi connectivity index (χ1v) is 11.8. The second-order valence-corrected chi connectivity index (χ2v) is 9.43. The monoisotopic (exact) mass is 469 g/mol. The highest BCUT2D eigenvalue weighted by atomic mass is 16.2. The van der Waals surface area contributed by atoms with E-state index in [2.05, 4.69) is 31.4 Å². The molecule has 0 unspecified atom stereocenters. The number of carbonyl (C=O) groups excluding carboxylic acids is 2. The minimum atomic E-state index is -0.328. The summed E-state index contributed by atoms with van der Waals surface area (Å²) >= 11 is 0. The van der Waals surface area contributed by atoms with Crippen molar-refractivity contribution in [2.45, 2.75) is 33.1 Å². The molecule has 180 valence electrons. The van der Waals surface area contributed by atoms with Gasteiger partial charge in [0.15, 0.2) is 0 Å². The fraction of sp³-hybridized carbons (Fsp3) is 0.250. The lowest BCUT2D eigenvalue weighted by molar-refractivity contribution is -0.116. The van der Waals surface area contributed by atoms with Crippen LogP contribution in [0.3, 0.4) is 0 Å². The van der Waals surface area contributed by atoms with Crippen LogP contribution >= 0.6 is 0 Å². The lowest BCUT2D eigenvalue weighted by atomic mass is 9.92. The van der Waals surface area contributed by atoms with Crippen molar-refractivity contribution in [3.63, 3.8) is 0 Å². The second kappa shape index (κ2) is 10.0. The van der Waals surface area contributed by atoms with Crippen LogP contribution in [-0.4, -0.2) is 39.7 Å². The number of aromatic nitrogens is 2. The highest BCUT2D eigenvalue weighted by Gasteiger charge is 2.23. The van der Waals surface area contributed by atoms with Crippen molar-refractivity contribution < 1.29 is 9.59 Å². The molecule has 35 heavy (non-hydrogen) atoms. The highest BCUT2D eigenvalue weighted by Crippen LogP contribution is 2.26. The number of amides is 3. The summed E-state index contributed by atoms with van der Waals surface area (Å²) in [4.78, 5) is 27.5. The number of likely N-dealkylation sites (N-methyl/N-ethyl adjacent to an activating group) is 1. The van der Waals surface area contributed by atoms with E-state index in [1.54, 1.807) is 4.68 Å². The fourth-order valence-electron chi connectivity index (χ4n) is 3.81. The molecule has 4 aromatic rings. The summed E-state index contributed by atoms with van der Waals surface area (Å²) in [5, 5.41) is 12.6. The van der Waals surface area contributed by atoms with E-state index >= 15 is 0 Å². The van der Waals surface area contributed by atoms with Crippen LogP contribution < -0.4 is 10.6 Å². The van der Waals surface area contributed by atoms with Crippen LogP contribution in [0.25, 0.3) is 16.5 Å². The Morgan fingerprint density at radius 1 is 0.914 bits per heavy atom. The Labute approximate surface area is 205 Å². The molecule has 0 bridgehead atoms. The van der Waals surface area contributed by atoms with Gasteiger partial charge in [-0.25, -0.2) is 9.48 Å². The molecule has 4 rings (SSSR count). The first kappa shape index (κ1) is 24.0. The molecular weight excluding hydrogens is 438 g/mol. The molecule has 2 N–H and O–H groups in total. The predicted molar refractivity (Wildman–Crippen MR) is 141 cm³/mol. The van der Waals surface area contributed by atoms with Crippen molar-refractivity contribution in [3.05, 3.63) is 84.6 Å². The maximum absolute atomic E-state index is 13.0. The molecule has 7 heteroatoms. The van der Waals surface area contributed by atoms with Gasteiger partial charge in [0.2, 0.25) is 5.91 Å². The summed E-state index contributed by atoms with van der Waals surface area (Å²) in [6.07, 6.45) is 0. The lowest BCUT2D eigenvalue weighted by Gasteiger charge is -2.21. The lowest BCUT2D eigenvalue weighted by Crippen LogP contribution is -2.40. The van der Waals surface area contributed by atoms with Crippen LogP contribution in [0.5, 0.6) is 0 Å². The Hall–Kier alpha value is -4.13. The van der Waals surface area contributed by atoms with Crippen LogP contribution in [0.4, 0.5) is 16.3 Å². The van der Waals surface area contributed by atoms with Gasteiger partial charge in [-0.15, -0.1) is 0 Å². The van der Waals surface area contributed by atoms with Gasteiger partial charge in [-0.05, 0) is 30.5 Å². The maximum Gasteiger partial charge on any atom is 0.322 e. The number of carbonyl (C=O) groups is 2. The summed E-state index contributed by atoms with van der Waals surface area (Å²) in [7, 11) is 0. The van der Waals surface area contributed by atoms with E-state index in [9.17, 15) is 9.59 Å². The quantitative estimate of drug-likeness (QED) is 0.374. The zero-order valence-corrected chi connectivity index (χ0v) is 20.6. The summed E-state index contributed by atoms with van der Waals surface area (Å²) in [6, 6.07) is 24.8. The van der Waals surface area contributed by atoms with Crippen molar-refractivity contribution in [1.29, 1.82) is 0 Å². The van der Waals surface area contributed by atoms with Gasteiger partial charge in [0.1, 0.15) is 12.4 Å². The van der Waals surface area contributed by atoms with Gasteiger partial charge in [0, 0.05) is 23.4 Å². The average Bonchev–Trinajstić information content (AvgIpc) is 3.27. The van der Waals surface area contributed by atoms with E-state index in [0.29, 0.717) is 18.1 Å². The molecular formula is C28H31N5O2. The molecule has 3 amide bonds. The number of benzene rings is 3. The van der Waals surface area contributed by atoms with E-state index in [1.165, 1.54) is 4.90 Å². The molecule has 0 spiro atoms. The Morgan fingerprint density at radius 3 is 2.31 bits per heavy atom. The van der Waals surface area contributed by atoms with Crippen LogP contribution in [0.2, 0.25) is 0 Å². The van der Waals surface area contributed by atoms with Crippen LogP contribution in [-0.2, 0) is 10.2 Å². The normalized spacial score (nSPS) is 11.3. The van der Waals surface area contributed by atoms with Gasteiger partial charge in [0.25, 0.3) is 0 Å². The van der Waals surface area contributed by atoms with Gasteiger partial charge in [0.05, 0.1) is 17.1 Å². The third-order valence-corrected chi connectivity index (χ3v) is 5.78. The average molecular weight is 470 g/mol. The first-order chi connectivity index (χ1) is 16.8. The van der Waals surface area contributed by atoms with E-state index in [-0.39, 0.29) is 23.9 Å². The molecule has 1 aromatic heterocycles. The fourth-order valence-corrected chi connectivity index (χ4v) is 3.81. The molecule has 0 aliphatic carbocycles. The number of hydrogen-bond donors (Lipinski definition) is 2. The number of hydrogen-bond acceptors (Lipinski definition) is 3. The Kier molecular flexibility index (Phi) is 6.87. The Morgan fingerprint density at radius 2 is 1.60 bits per heavy atom. The smallest absolute Gasteiger partial charge is 0.315 e. The summed E-state index contributed by atoms with van der Waals surface area (Å²) < 4.78 is 1.73. The van der Waals surface area contributed by atoms with Crippen LogP contribution in [0.15, 0.2) is 78.9 Å². The molecule has 0 fully saturated rings. The van der Waals surface area contributed by atoms with Gasteiger partial charge < -0.3 is 15.5 Å². The van der Waals surface area contributed by atoms with E-state index in [1.807, 2.05) is 85.8 Å². The SMILES string of the molecule is CCN(CC(=O)Nc1cc(C(C)(C)C)nn1-c1ccccc1)C(=O)Nc1cccc2ccccc12. The van der Waals surface area contributed by atoms with Crippen molar-refractivity contribution in [2.24, 2.45) is 0 Å². The molecule has 0 saturated carbocycles. The third-order valence-electron chi connectivity index (χ3n) is 5.78. The standard InChI is InChI=1S/C28H31N5O2/c1-5-32(27(35)29-23-17-11-13-20-12-9-10-16-22(20)23)19-26(34)30-25-18-24(28(2,3)4)31-33(25)21-14-7-6-8-15-21/h6-18H,5,19H2,1-4H3,(H,29,35)(H,30,34). The van der Waals surface area contributed by atoms with Gasteiger partial charge in [-0.3, -0.25) is 4.79 Å². The van der Waals surface area contributed by atoms with Gasteiger partial charge in [-0.2, -0.15) is 5.10 Å². The minimum Gasteiger partial charge on any atom is -0.315 e. The second-order valence-electron chi connectivity index (χ2n) is 9.43. The number of fused-ring (bicyclic) bond motifs is 1. The summed E-state index contributed by atoms with van der Waals surface area (Å²) in [5.41, 5.74) is 2.23. The minimum absolute atomic E-state index is 0.0854. The van der Waals surface area contributed by atoms with Crippen molar-refractivity contribution >= 4 is 34.2 Å². The molecule has 0 aliphatic heterocycles. The zero-order chi connectivity index (χ0) is 25.0. The third kappa shape index (κ3) is 5.51. The van der Waals surface area contributed by atoms with E-state index in [4.69, 9.17) is 5.10 Å². The first-order valence-electron chi connectivity index (χ1n) is 11.8. The molecule has 0 saturated heterocycles. The predicted octanol–water partition coefficient (Wildman–Crippen LogP) is 5.82. The molecule has 1 heterocycles. The maximum atomic E-state index is 13.0. The number of anilines is 2. The number of nitrogens with zero attached hydrogens (tertiary/aromatic N) is 3. The zero-order valence-electron chi connectivity index (χ0n) is 20.6.